The van der Waals surface area contributed by atoms with Gasteiger partial charge >= 0.3 is 6.16 Å². The van der Waals surface area contributed by atoms with Crippen molar-refractivity contribution in [2.24, 2.45) is 0 Å². The molecule has 17 heavy (non-hydrogen) atoms. The van der Waals surface area contributed by atoms with Gasteiger partial charge in [-0.3, -0.25) is 0 Å². The molecule has 1 fully saturated rings. The molecule has 0 radical (unpaired) electrons. The average Bonchev–Trinajstić information content (AvgIpc) is 2.24. The highest BCUT2D eigenvalue weighted by Gasteiger charge is 2.33. The number of halogens is 1. The zero-order valence-corrected chi connectivity index (χ0v) is 12.2. The summed E-state index contributed by atoms with van der Waals surface area (Å²) < 4.78 is 24.9. The van der Waals surface area contributed by atoms with Gasteiger partial charge in [0.1, 0.15) is 0 Å². The molecule has 0 aromatic heterocycles. The fraction of sp³-hybridized carbons (Fsp3) is 0.875. The average molecular weight is 302 g/mol. The third kappa shape index (κ3) is 4.81. The zero-order valence-electron chi connectivity index (χ0n) is 9.72. The van der Waals surface area contributed by atoms with E-state index in [-0.39, 0.29) is 11.9 Å². The molecule has 1 aliphatic rings. The van der Waals surface area contributed by atoms with E-state index in [2.05, 4.69) is 5.32 Å². The lowest BCUT2D eigenvalue weighted by molar-refractivity contribution is 0.158. The quantitative estimate of drug-likeness (QED) is 0.277. The Kier molecular flexibility index (Phi) is 6.33. The Morgan fingerprint density at radius 1 is 1.59 bits per heavy atom. The number of carbonyl (C=O) groups is 1. The Morgan fingerprint density at radius 3 is 2.65 bits per heavy atom. The molecule has 1 saturated heterocycles. The van der Waals surface area contributed by atoms with Gasteiger partial charge in [-0.15, -0.1) is 4.39 Å². The van der Waals surface area contributed by atoms with Crippen molar-refractivity contribution in [2.75, 3.05) is 19.1 Å². The van der Waals surface area contributed by atoms with Crippen LogP contribution in [-0.4, -0.2) is 35.4 Å². The molecule has 0 saturated carbocycles. The van der Waals surface area contributed by atoms with Crippen LogP contribution in [0.2, 0.25) is 0 Å². The summed E-state index contributed by atoms with van der Waals surface area (Å²) in [6.45, 7) is 2.56. The smallest absolute Gasteiger partial charge is 0.318 e. The summed E-state index contributed by atoms with van der Waals surface area (Å²) >= 11 is 6.62. The fourth-order valence-electron chi connectivity index (χ4n) is 1.23. The van der Waals surface area contributed by atoms with Gasteiger partial charge in [0.15, 0.2) is 0 Å². The van der Waals surface area contributed by atoms with Crippen LogP contribution in [0.4, 0.5) is 9.18 Å². The Bertz CT molecular complexity index is 309. The molecule has 0 aliphatic carbocycles. The third-order valence-electron chi connectivity index (χ3n) is 1.89. The molecule has 1 N–H and O–H groups in total. The van der Waals surface area contributed by atoms with Gasteiger partial charge in [-0.1, -0.05) is 0 Å². The maximum atomic E-state index is 12.0. The van der Waals surface area contributed by atoms with Crippen molar-refractivity contribution in [1.82, 2.24) is 9.39 Å². The molecule has 1 amide bonds. The molecular weight excluding hydrogens is 286 g/mol. The van der Waals surface area contributed by atoms with Gasteiger partial charge in [0.2, 0.25) is 0 Å². The maximum absolute atomic E-state index is 12.0. The van der Waals surface area contributed by atoms with Gasteiger partial charge in [-0.2, -0.15) is 4.08 Å². The SMILES string of the molecule is CC(C)N(SCNC(=O)F)P1(=S)OCCCO1. The molecule has 0 spiro atoms. The predicted molar refractivity (Wildman–Crippen MR) is 69.9 cm³/mol. The molecule has 9 heteroatoms. The highest BCUT2D eigenvalue weighted by Crippen LogP contribution is 2.58. The van der Waals surface area contributed by atoms with E-state index >= 15 is 0 Å². The molecular formula is C8H16FN2O3PS2. The topological polar surface area (TPSA) is 50.8 Å². The molecule has 100 valence electrons. The molecule has 0 aromatic rings. The molecule has 0 atom stereocenters. The van der Waals surface area contributed by atoms with Crippen molar-refractivity contribution in [3.63, 3.8) is 0 Å². The second kappa shape index (κ2) is 7.01. The minimum atomic E-state index is -2.48. The predicted octanol–water partition coefficient (Wildman–Crippen LogP) is 2.64. The van der Waals surface area contributed by atoms with E-state index in [0.29, 0.717) is 13.2 Å². The summed E-state index contributed by atoms with van der Waals surface area (Å²) in [4.78, 5) is 10.2. The van der Waals surface area contributed by atoms with Crippen molar-refractivity contribution >= 4 is 36.6 Å². The molecule has 0 aromatic carbocycles. The summed E-state index contributed by atoms with van der Waals surface area (Å²) in [6, 6.07) is 0.0837. The summed E-state index contributed by atoms with van der Waals surface area (Å²) in [7, 11) is 0. The summed E-state index contributed by atoms with van der Waals surface area (Å²) in [5, 5.41) is 2.06. The second-order valence-electron chi connectivity index (χ2n) is 3.61. The Balaban J connectivity index is 2.58. The van der Waals surface area contributed by atoms with Crippen LogP contribution in [0, 0.1) is 0 Å². The van der Waals surface area contributed by atoms with Crippen LogP contribution in [0.15, 0.2) is 0 Å². The first-order valence-electron chi connectivity index (χ1n) is 5.21. The first-order chi connectivity index (χ1) is 7.96. The van der Waals surface area contributed by atoms with E-state index in [1.807, 2.05) is 13.8 Å². The van der Waals surface area contributed by atoms with Crippen molar-refractivity contribution in [1.29, 1.82) is 0 Å². The van der Waals surface area contributed by atoms with Crippen molar-refractivity contribution in [3.05, 3.63) is 0 Å². The van der Waals surface area contributed by atoms with Crippen LogP contribution < -0.4 is 5.32 Å². The Labute approximate surface area is 110 Å². The van der Waals surface area contributed by atoms with Gasteiger partial charge in [0.25, 0.3) is 6.64 Å². The molecule has 0 unspecified atom stereocenters. The van der Waals surface area contributed by atoms with E-state index < -0.39 is 12.8 Å². The summed E-state index contributed by atoms with van der Waals surface area (Å²) in [5.74, 6) is 0.110. The third-order valence-corrected chi connectivity index (χ3v) is 7.27. The van der Waals surface area contributed by atoms with E-state index in [1.165, 1.54) is 11.9 Å². The molecule has 1 aliphatic heterocycles. The zero-order chi connectivity index (χ0) is 12.9. The molecule has 0 bridgehead atoms. The largest absolute Gasteiger partial charge is 0.398 e. The van der Waals surface area contributed by atoms with E-state index in [1.54, 1.807) is 4.08 Å². The fourth-order valence-corrected chi connectivity index (χ4v) is 5.88. The summed E-state index contributed by atoms with van der Waals surface area (Å²) in [6.07, 6.45) is -0.723. The van der Waals surface area contributed by atoms with Crippen molar-refractivity contribution < 1.29 is 18.2 Å². The van der Waals surface area contributed by atoms with E-state index in [0.717, 1.165) is 6.42 Å². The number of carbonyl (C=O) groups excluding carboxylic acids is 1. The lowest BCUT2D eigenvalue weighted by atomic mass is 10.4. The van der Waals surface area contributed by atoms with Crippen LogP contribution in [0.5, 0.6) is 0 Å². The van der Waals surface area contributed by atoms with Gasteiger partial charge in [-0.05, 0) is 44.0 Å². The number of nitrogens with zero attached hydrogens (tertiary/aromatic N) is 1. The van der Waals surface area contributed by atoms with Gasteiger partial charge in [-0.25, -0.2) is 4.79 Å². The van der Waals surface area contributed by atoms with Crippen LogP contribution in [0.3, 0.4) is 0 Å². The Morgan fingerprint density at radius 2 is 2.18 bits per heavy atom. The van der Waals surface area contributed by atoms with Crippen LogP contribution >= 0.6 is 18.6 Å². The molecule has 1 rings (SSSR count). The first-order valence-corrected chi connectivity index (χ1v) is 8.74. The number of hydrogen-bond donors (Lipinski definition) is 1. The van der Waals surface area contributed by atoms with Crippen molar-refractivity contribution in [2.45, 2.75) is 26.3 Å². The van der Waals surface area contributed by atoms with Gasteiger partial charge < -0.3 is 14.4 Å². The van der Waals surface area contributed by atoms with Crippen molar-refractivity contribution in [3.8, 4) is 0 Å². The van der Waals surface area contributed by atoms with E-state index in [9.17, 15) is 9.18 Å². The maximum Gasteiger partial charge on any atom is 0.398 e. The van der Waals surface area contributed by atoms with Gasteiger partial charge in [0.05, 0.1) is 19.1 Å². The van der Waals surface area contributed by atoms with Crippen LogP contribution in [0.1, 0.15) is 20.3 Å². The standard InChI is InChI=1S/C8H16FN2O3PS2/c1-7(2)11(17-6-10-8(9)12)15(16)13-4-3-5-14-15/h7H,3-6H2,1-2H3,(H,10,12). The highest BCUT2D eigenvalue weighted by molar-refractivity contribution is 8.15. The Hall–Kier alpha value is 0.280. The van der Waals surface area contributed by atoms with E-state index in [4.69, 9.17) is 20.9 Å². The summed E-state index contributed by atoms with van der Waals surface area (Å²) in [5.41, 5.74) is 0. The lowest BCUT2D eigenvalue weighted by Gasteiger charge is -2.37. The minimum Gasteiger partial charge on any atom is -0.318 e. The second-order valence-corrected chi connectivity index (χ2v) is 8.09. The number of amides is 1. The number of hydrogen-bond acceptors (Lipinski definition) is 5. The van der Waals surface area contributed by atoms with Crippen LogP contribution in [0.25, 0.3) is 0 Å². The normalized spacial score (nSPS) is 19.6. The number of nitrogens with one attached hydrogen (secondary N) is 1. The van der Waals surface area contributed by atoms with Crippen LogP contribution in [-0.2, 0) is 20.9 Å². The minimum absolute atomic E-state index is 0.0837. The molecule has 1 heterocycles. The first kappa shape index (κ1) is 15.3. The van der Waals surface area contributed by atoms with Gasteiger partial charge in [0, 0.05) is 6.04 Å². The highest BCUT2D eigenvalue weighted by atomic mass is 32.5. The molecule has 5 nitrogen and oxygen atoms in total. The monoisotopic (exact) mass is 302 g/mol. The number of rotatable bonds is 5. The lowest BCUT2D eigenvalue weighted by Crippen LogP contribution is -2.29.